The second kappa shape index (κ2) is 12.9. The molecule has 8 heteroatoms. The Labute approximate surface area is 209 Å². The molecule has 1 heterocycles. The van der Waals surface area contributed by atoms with Gasteiger partial charge in [-0.05, 0) is 50.1 Å². The molecule has 1 atom stereocenters. The molecule has 1 aliphatic rings. The van der Waals surface area contributed by atoms with Crippen molar-refractivity contribution in [2.75, 3.05) is 55.0 Å². The molecule has 35 heavy (non-hydrogen) atoms. The Hall–Kier alpha value is -3.42. The van der Waals surface area contributed by atoms with Crippen LogP contribution in [0.1, 0.15) is 50.4 Å². The minimum absolute atomic E-state index is 0.0618. The quantitative estimate of drug-likeness (QED) is 0.436. The summed E-state index contributed by atoms with van der Waals surface area (Å²) in [5.74, 6) is 0.735. The summed E-state index contributed by atoms with van der Waals surface area (Å²) in [4.78, 5) is 30.0. The van der Waals surface area contributed by atoms with E-state index in [4.69, 9.17) is 4.74 Å². The molecule has 3 rings (SSSR count). The highest BCUT2D eigenvalue weighted by Gasteiger charge is 2.24. The third-order valence-corrected chi connectivity index (χ3v) is 6.35. The molecule has 2 aromatic carbocycles. The number of anilines is 3. The predicted molar refractivity (Wildman–Crippen MR) is 143 cm³/mol. The average molecular weight is 482 g/mol. The van der Waals surface area contributed by atoms with Gasteiger partial charge in [-0.2, -0.15) is 0 Å². The number of urea groups is 1. The van der Waals surface area contributed by atoms with E-state index < -0.39 is 0 Å². The molecule has 190 valence electrons. The first-order valence-electron chi connectivity index (χ1n) is 12.6. The largest absolute Gasteiger partial charge is 0.495 e. The number of nitrogens with one attached hydrogen (secondary N) is 3. The summed E-state index contributed by atoms with van der Waals surface area (Å²) in [5.41, 5.74) is 3.13. The maximum Gasteiger partial charge on any atom is 0.319 e. The van der Waals surface area contributed by atoms with Crippen molar-refractivity contribution in [3.8, 4) is 5.75 Å². The fourth-order valence-electron chi connectivity index (χ4n) is 4.11. The molecule has 0 bridgehead atoms. The summed E-state index contributed by atoms with van der Waals surface area (Å²) in [7, 11) is 1.69. The van der Waals surface area contributed by atoms with Gasteiger partial charge in [0.15, 0.2) is 0 Å². The van der Waals surface area contributed by atoms with Gasteiger partial charge in [-0.3, -0.25) is 4.79 Å². The fourth-order valence-corrected chi connectivity index (χ4v) is 4.11. The van der Waals surface area contributed by atoms with Crippen LogP contribution in [0.3, 0.4) is 0 Å². The Morgan fingerprint density at radius 2 is 1.69 bits per heavy atom. The average Bonchev–Trinajstić information content (AvgIpc) is 2.88. The minimum atomic E-state index is -0.259. The number of ether oxygens (including phenoxy) is 1. The number of para-hydroxylation sites is 2. The fraction of sp³-hybridized carbons (Fsp3) is 0.481. The van der Waals surface area contributed by atoms with Gasteiger partial charge in [0.1, 0.15) is 5.75 Å². The van der Waals surface area contributed by atoms with E-state index in [0.29, 0.717) is 17.8 Å². The van der Waals surface area contributed by atoms with Gasteiger partial charge in [0.2, 0.25) is 0 Å². The van der Waals surface area contributed by atoms with Crippen LogP contribution < -0.4 is 30.5 Å². The van der Waals surface area contributed by atoms with E-state index in [0.717, 1.165) is 62.6 Å². The number of nitrogens with zero attached hydrogens (tertiary/aromatic N) is 2. The lowest BCUT2D eigenvalue weighted by Crippen LogP contribution is -2.47. The minimum Gasteiger partial charge on any atom is -0.495 e. The summed E-state index contributed by atoms with van der Waals surface area (Å²) in [6.07, 6.45) is 2.78. The van der Waals surface area contributed by atoms with Crippen LogP contribution in [0.2, 0.25) is 0 Å². The first-order valence-corrected chi connectivity index (χ1v) is 12.6. The second-order valence-electron chi connectivity index (χ2n) is 8.90. The smallest absolute Gasteiger partial charge is 0.319 e. The molecular weight excluding hydrogens is 442 g/mol. The number of piperazine rings is 1. The van der Waals surface area contributed by atoms with Crippen molar-refractivity contribution < 1.29 is 14.3 Å². The summed E-state index contributed by atoms with van der Waals surface area (Å²) in [5, 5.41) is 8.79. The molecule has 2 aromatic rings. The Balaban J connectivity index is 1.77. The summed E-state index contributed by atoms with van der Waals surface area (Å²) in [6.45, 7) is 9.90. The second-order valence-corrected chi connectivity index (χ2v) is 8.90. The van der Waals surface area contributed by atoms with Crippen LogP contribution in [0.5, 0.6) is 5.75 Å². The van der Waals surface area contributed by atoms with Crippen LogP contribution in [0.15, 0.2) is 42.5 Å². The van der Waals surface area contributed by atoms with E-state index in [1.807, 2.05) is 44.2 Å². The van der Waals surface area contributed by atoms with E-state index in [1.165, 1.54) is 0 Å². The van der Waals surface area contributed by atoms with Crippen LogP contribution in [0.4, 0.5) is 21.9 Å². The highest BCUT2D eigenvalue weighted by Crippen LogP contribution is 2.31. The molecule has 8 nitrogen and oxygen atoms in total. The number of benzene rings is 2. The van der Waals surface area contributed by atoms with Crippen LogP contribution in [0, 0.1) is 0 Å². The highest BCUT2D eigenvalue weighted by molar-refractivity contribution is 6.02. The molecule has 0 aliphatic carbocycles. The van der Waals surface area contributed by atoms with Crippen molar-refractivity contribution in [1.29, 1.82) is 0 Å². The summed E-state index contributed by atoms with van der Waals surface area (Å²) in [6, 6.07) is 13.4. The normalized spacial score (nSPS) is 14.3. The number of rotatable bonds is 10. The lowest BCUT2D eigenvalue weighted by atomic mass is 10.1. The van der Waals surface area contributed by atoms with Gasteiger partial charge in [0, 0.05) is 50.1 Å². The zero-order valence-corrected chi connectivity index (χ0v) is 21.4. The molecule has 1 fully saturated rings. The lowest BCUT2D eigenvalue weighted by molar-refractivity contribution is 0.0939. The number of methoxy groups -OCH3 is 1. The van der Waals surface area contributed by atoms with Gasteiger partial charge < -0.3 is 30.5 Å². The van der Waals surface area contributed by atoms with Crippen molar-refractivity contribution in [2.24, 2.45) is 0 Å². The third-order valence-electron chi connectivity index (χ3n) is 6.35. The molecule has 0 spiro atoms. The first kappa shape index (κ1) is 26.2. The maximum atomic E-state index is 13.2. The van der Waals surface area contributed by atoms with Gasteiger partial charge in [-0.25, -0.2) is 4.79 Å². The number of amides is 3. The van der Waals surface area contributed by atoms with Crippen molar-refractivity contribution in [3.05, 3.63) is 48.0 Å². The van der Waals surface area contributed by atoms with Gasteiger partial charge in [-0.15, -0.1) is 0 Å². The van der Waals surface area contributed by atoms with E-state index in [-0.39, 0.29) is 18.0 Å². The lowest BCUT2D eigenvalue weighted by Gasteiger charge is -2.38. The van der Waals surface area contributed by atoms with Gasteiger partial charge >= 0.3 is 6.03 Å². The Morgan fingerprint density at radius 3 is 2.34 bits per heavy atom. The van der Waals surface area contributed by atoms with Crippen LogP contribution in [-0.4, -0.2) is 57.8 Å². The highest BCUT2D eigenvalue weighted by atomic mass is 16.5. The van der Waals surface area contributed by atoms with Gasteiger partial charge in [0.25, 0.3) is 5.91 Å². The molecule has 1 saturated heterocycles. The summed E-state index contributed by atoms with van der Waals surface area (Å²) >= 11 is 0. The van der Waals surface area contributed by atoms with Gasteiger partial charge in [0.05, 0.1) is 18.4 Å². The number of carbonyl (C=O) groups excluding carboxylic acids is 2. The SMILES string of the molecule is CCCCNC(=O)Nc1ccc(N2CCN(c3ccccc3OC)CC2)c(C(=O)NC(C)CC)c1. The first-order chi connectivity index (χ1) is 17.0. The Bertz CT molecular complexity index is 989. The number of unbranched alkanes of at least 4 members (excludes halogenated alkanes) is 1. The van der Waals surface area contributed by atoms with Crippen molar-refractivity contribution in [3.63, 3.8) is 0 Å². The van der Waals surface area contributed by atoms with Crippen molar-refractivity contribution in [1.82, 2.24) is 10.6 Å². The molecule has 1 unspecified atom stereocenters. The number of hydrogen-bond acceptors (Lipinski definition) is 5. The Kier molecular flexibility index (Phi) is 9.64. The predicted octanol–water partition coefficient (Wildman–Crippen LogP) is 4.47. The zero-order valence-electron chi connectivity index (χ0n) is 21.4. The van der Waals surface area contributed by atoms with Crippen LogP contribution in [-0.2, 0) is 0 Å². The van der Waals surface area contributed by atoms with E-state index in [2.05, 4.69) is 38.7 Å². The zero-order chi connectivity index (χ0) is 25.2. The van der Waals surface area contributed by atoms with Crippen molar-refractivity contribution in [2.45, 2.75) is 46.1 Å². The molecule has 0 aromatic heterocycles. The van der Waals surface area contributed by atoms with Crippen molar-refractivity contribution >= 4 is 29.0 Å². The third kappa shape index (κ3) is 7.04. The Morgan fingerprint density at radius 1 is 1.00 bits per heavy atom. The van der Waals surface area contributed by atoms with Crippen LogP contribution in [0.25, 0.3) is 0 Å². The molecule has 3 amide bonds. The maximum absolute atomic E-state index is 13.2. The number of hydrogen-bond donors (Lipinski definition) is 3. The molecule has 1 aliphatic heterocycles. The molecule has 3 N–H and O–H groups in total. The summed E-state index contributed by atoms with van der Waals surface area (Å²) < 4.78 is 5.54. The molecule has 0 radical (unpaired) electrons. The van der Waals surface area contributed by atoms with Gasteiger partial charge in [-0.1, -0.05) is 32.4 Å². The molecule has 0 saturated carbocycles. The standard InChI is InChI=1S/C27H39N5O3/c1-5-7-14-28-27(34)30-21-12-13-23(22(19-21)26(33)29-20(3)6-2)31-15-17-32(18-16-31)24-10-8-9-11-25(24)35-4/h8-13,19-20H,5-7,14-18H2,1-4H3,(H,29,33)(H2,28,30,34). The number of carbonyl (C=O) groups is 2. The van der Waals surface area contributed by atoms with Crippen LogP contribution >= 0.6 is 0 Å². The monoisotopic (exact) mass is 481 g/mol. The van der Waals surface area contributed by atoms with E-state index >= 15 is 0 Å². The van der Waals surface area contributed by atoms with E-state index in [9.17, 15) is 9.59 Å². The van der Waals surface area contributed by atoms with E-state index in [1.54, 1.807) is 13.2 Å². The molecular formula is C27H39N5O3. The topological polar surface area (TPSA) is 85.9 Å².